The normalized spacial score (nSPS) is 16.4. The Hall–Kier alpha value is -3.05. The minimum atomic E-state index is 0.435. The van der Waals surface area contributed by atoms with Gasteiger partial charge < -0.3 is 19.1 Å². The number of piperazine rings is 1. The molecular weight excluding hydrogens is 434 g/mol. The molecule has 3 aromatic rings. The molecule has 0 aliphatic carbocycles. The van der Waals surface area contributed by atoms with E-state index < -0.39 is 0 Å². The first-order valence-corrected chi connectivity index (χ1v) is 12.1. The number of rotatable bonds is 6. The van der Waals surface area contributed by atoms with Crippen molar-refractivity contribution in [2.24, 2.45) is 0 Å². The van der Waals surface area contributed by atoms with Gasteiger partial charge in [-0.05, 0) is 35.9 Å². The van der Waals surface area contributed by atoms with Gasteiger partial charge in [0.05, 0.1) is 0 Å². The molecule has 0 saturated carbocycles. The summed E-state index contributed by atoms with van der Waals surface area (Å²) in [5.74, 6) is 1.46. The standard InChI is InChI=1S/C26H27N3O3S/c1-28-8-10-29(11-9-28)16-19-2-4-20(5-3-19)17-32-26-22(15-27)23(18-33-26)21-6-7-24-25(14-21)31-13-12-30-24/h2-7,14,18H,8-13,16-17H2,1H3. The van der Waals surface area contributed by atoms with E-state index in [-0.39, 0.29) is 0 Å². The van der Waals surface area contributed by atoms with Gasteiger partial charge in [-0.15, -0.1) is 11.3 Å². The van der Waals surface area contributed by atoms with E-state index in [1.54, 1.807) is 0 Å². The maximum atomic E-state index is 9.81. The molecule has 1 fully saturated rings. The first kappa shape index (κ1) is 21.8. The number of hydrogen-bond acceptors (Lipinski definition) is 7. The Balaban J connectivity index is 1.23. The predicted octanol–water partition coefficient (Wildman–Crippen LogP) is 4.38. The molecule has 0 amide bonds. The maximum Gasteiger partial charge on any atom is 0.192 e. The Morgan fingerprint density at radius 2 is 1.70 bits per heavy atom. The third-order valence-electron chi connectivity index (χ3n) is 6.12. The molecular formula is C26H27N3O3S. The number of fused-ring (bicyclic) bond motifs is 1. The van der Waals surface area contributed by atoms with Gasteiger partial charge in [-0.2, -0.15) is 5.26 Å². The van der Waals surface area contributed by atoms with Crippen molar-refractivity contribution in [1.29, 1.82) is 5.26 Å². The number of likely N-dealkylation sites (N-methyl/N-ethyl adjacent to an activating group) is 1. The SMILES string of the molecule is CN1CCN(Cc2ccc(COc3scc(-c4ccc5c(c4)OCCO5)c3C#N)cc2)CC1. The highest BCUT2D eigenvalue weighted by Crippen LogP contribution is 2.40. The van der Waals surface area contributed by atoms with Gasteiger partial charge in [0.25, 0.3) is 0 Å². The highest BCUT2D eigenvalue weighted by molar-refractivity contribution is 7.12. The molecule has 1 aromatic heterocycles. The van der Waals surface area contributed by atoms with Crippen molar-refractivity contribution in [3.05, 3.63) is 64.5 Å². The second-order valence-electron chi connectivity index (χ2n) is 8.47. The second kappa shape index (κ2) is 9.84. The van der Waals surface area contributed by atoms with Crippen LogP contribution >= 0.6 is 11.3 Å². The topological polar surface area (TPSA) is 58.0 Å². The van der Waals surface area contributed by atoms with Gasteiger partial charge >= 0.3 is 0 Å². The third-order valence-corrected chi connectivity index (χ3v) is 7.01. The first-order chi connectivity index (χ1) is 16.2. The predicted molar refractivity (Wildman–Crippen MR) is 129 cm³/mol. The molecule has 33 heavy (non-hydrogen) atoms. The fourth-order valence-electron chi connectivity index (χ4n) is 4.13. The van der Waals surface area contributed by atoms with Gasteiger partial charge in [-0.3, -0.25) is 4.90 Å². The summed E-state index contributed by atoms with van der Waals surface area (Å²) in [6.45, 7) is 6.99. The molecule has 2 aliphatic heterocycles. The van der Waals surface area contributed by atoms with Gasteiger partial charge in [-0.25, -0.2) is 0 Å². The Morgan fingerprint density at radius 3 is 2.45 bits per heavy atom. The summed E-state index contributed by atoms with van der Waals surface area (Å²) in [5, 5.41) is 12.4. The zero-order valence-corrected chi connectivity index (χ0v) is 19.6. The van der Waals surface area contributed by atoms with Crippen molar-refractivity contribution in [1.82, 2.24) is 9.80 Å². The van der Waals surface area contributed by atoms with Gasteiger partial charge in [0.15, 0.2) is 16.6 Å². The molecule has 0 unspecified atom stereocenters. The molecule has 5 rings (SSSR count). The summed E-state index contributed by atoms with van der Waals surface area (Å²) in [7, 11) is 2.18. The van der Waals surface area contributed by atoms with Crippen molar-refractivity contribution < 1.29 is 14.2 Å². The summed E-state index contributed by atoms with van der Waals surface area (Å²) in [4.78, 5) is 4.87. The quantitative estimate of drug-likeness (QED) is 0.543. The average molecular weight is 462 g/mol. The van der Waals surface area contributed by atoms with Crippen LogP contribution in [0.3, 0.4) is 0 Å². The molecule has 3 heterocycles. The van der Waals surface area contributed by atoms with Gasteiger partial charge in [0.1, 0.15) is 31.5 Å². The lowest BCUT2D eigenvalue weighted by Gasteiger charge is -2.32. The number of nitriles is 1. The lowest BCUT2D eigenvalue weighted by molar-refractivity contribution is 0.148. The molecule has 2 aliphatic rings. The molecule has 0 bridgehead atoms. The number of nitrogens with zero attached hydrogens (tertiary/aromatic N) is 3. The Kier molecular flexibility index (Phi) is 6.49. The van der Waals surface area contributed by atoms with Crippen LogP contribution in [-0.4, -0.2) is 56.2 Å². The van der Waals surface area contributed by atoms with Crippen LogP contribution in [0.4, 0.5) is 0 Å². The average Bonchev–Trinajstić information content (AvgIpc) is 3.27. The van der Waals surface area contributed by atoms with Crippen LogP contribution in [0.15, 0.2) is 47.8 Å². The van der Waals surface area contributed by atoms with Crippen molar-refractivity contribution >= 4 is 11.3 Å². The smallest absolute Gasteiger partial charge is 0.192 e. The Morgan fingerprint density at radius 1 is 0.970 bits per heavy atom. The van der Waals surface area contributed by atoms with Crippen molar-refractivity contribution in [3.8, 4) is 33.8 Å². The van der Waals surface area contributed by atoms with Crippen molar-refractivity contribution in [3.63, 3.8) is 0 Å². The summed E-state index contributed by atoms with van der Waals surface area (Å²) >= 11 is 1.45. The van der Waals surface area contributed by atoms with E-state index in [9.17, 15) is 5.26 Å². The molecule has 1 saturated heterocycles. The Bertz CT molecular complexity index is 1140. The van der Waals surface area contributed by atoms with E-state index >= 15 is 0 Å². The lowest BCUT2D eigenvalue weighted by atomic mass is 10.0. The van der Waals surface area contributed by atoms with E-state index in [0.29, 0.717) is 36.2 Å². The fraction of sp³-hybridized carbons (Fsp3) is 0.346. The minimum absolute atomic E-state index is 0.435. The molecule has 0 radical (unpaired) electrons. The molecule has 0 N–H and O–H groups in total. The highest BCUT2D eigenvalue weighted by atomic mass is 32.1. The number of ether oxygens (including phenoxy) is 3. The maximum absolute atomic E-state index is 9.81. The minimum Gasteiger partial charge on any atom is -0.486 e. The number of thiophene rings is 1. The van der Waals surface area contributed by atoms with E-state index in [1.165, 1.54) is 16.9 Å². The van der Waals surface area contributed by atoms with E-state index in [2.05, 4.69) is 47.2 Å². The van der Waals surface area contributed by atoms with Gasteiger partial charge in [-0.1, -0.05) is 30.3 Å². The molecule has 7 heteroatoms. The van der Waals surface area contributed by atoms with Gasteiger partial charge in [0, 0.05) is 43.7 Å². The number of benzene rings is 2. The van der Waals surface area contributed by atoms with Crippen LogP contribution in [0.5, 0.6) is 16.6 Å². The lowest BCUT2D eigenvalue weighted by Crippen LogP contribution is -2.43. The summed E-state index contributed by atoms with van der Waals surface area (Å²) in [6, 6.07) is 16.7. The van der Waals surface area contributed by atoms with Crippen LogP contribution < -0.4 is 14.2 Å². The van der Waals surface area contributed by atoms with Crippen LogP contribution in [-0.2, 0) is 13.2 Å². The van der Waals surface area contributed by atoms with Crippen LogP contribution in [0.1, 0.15) is 16.7 Å². The van der Waals surface area contributed by atoms with Crippen molar-refractivity contribution in [2.45, 2.75) is 13.2 Å². The summed E-state index contributed by atoms with van der Waals surface area (Å²) < 4.78 is 17.3. The van der Waals surface area contributed by atoms with Crippen LogP contribution in [0.2, 0.25) is 0 Å². The summed E-state index contributed by atoms with van der Waals surface area (Å²) in [5.41, 5.74) is 4.75. The second-order valence-corrected chi connectivity index (χ2v) is 9.31. The van der Waals surface area contributed by atoms with Crippen LogP contribution in [0, 0.1) is 11.3 Å². The zero-order chi connectivity index (χ0) is 22.6. The summed E-state index contributed by atoms with van der Waals surface area (Å²) in [6.07, 6.45) is 0. The fourth-order valence-corrected chi connectivity index (χ4v) is 5.01. The largest absolute Gasteiger partial charge is 0.486 e. The monoisotopic (exact) mass is 461 g/mol. The van der Waals surface area contributed by atoms with Crippen LogP contribution in [0.25, 0.3) is 11.1 Å². The number of hydrogen-bond donors (Lipinski definition) is 0. The Labute approximate surface area is 198 Å². The van der Waals surface area contributed by atoms with E-state index in [0.717, 1.165) is 55.2 Å². The highest BCUT2D eigenvalue weighted by Gasteiger charge is 2.18. The van der Waals surface area contributed by atoms with E-state index in [4.69, 9.17) is 14.2 Å². The molecule has 6 nitrogen and oxygen atoms in total. The first-order valence-electron chi connectivity index (χ1n) is 11.2. The van der Waals surface area contributed by atoms with Gasteiger partial charge in [0.2, 0.25) is 0 Å². The molecule has 0 spiro atoms. The zero-order valence-electron chi connectivity index (χ0n) is 18.8. The molecule has 170 valence electrons. The molecule has 2 aromatic carbocycles. The van der Waals surface area contributed by atoms with Crippen molar-refractivity contribution in [2.75, 3.05) is 46.4 Å². The van der Waals surface area contributed by atoms with E-state index in [1.807, 2.05) is 23.6 Å². The third kappa shape index (κ3) is 4.98. The molecule has 0 atom stereocenters.